The second-order valence-electron chi connectivity index (χ2n) is 6.38. The monoisotopic (exact) mass is 352 g/mol. The normalized spacial score (nSPS) is 13.1. The number of halogens is 1. The van der Waals surface area contributed by atoms with Crippen LogP contribution in [0.1, 0.15) is 27.2 Å². The minimum absolute atomic E-state index is 0.0451. The first-order valence-electron chi connectivity index (χ1n) is 8.41. The number of amides is 1. The first-order valence-corrected chi connectivity index (χ1v) is 8.41. The van der Waals surface area contributed by atoms with E-state index in [9.17, 15) is 9.18 Å². The summed E-state index contributed by atoms with van der Waals surface area (Å²) in [5.74, 6) is 0.709. The molecule has 0 aliphatic carbocycles. The number of aliphatic imine (C=N–C) groups is 1. The van der Waals surface area contributed by atoms with Gasteiger partial charge in [-0.25, -0.2) is 4.39 Å². The Morgan fingerprint density at radius 3 is 2.64 bits per heavy atom. The van der Waals surface area contributed by atoms with Crippen molar-refractivity contribution in [3.05, 3.63) is 30.1 Å². The van der Waals surface area contributed by atoms with Crippen LogP contribution in [0, 0.1) is 11.2 Å². The van der Waals surface area contributed by atoms with Crippen molar-refractivity contribution in [2.45, 2.75) is 33.3 Å². The summed E-state index contributed by atoms with van der Waals surface area (Å²) < 4.78 is 19.0. The number of ether oxygens (including phenoxy) is 1. The zero-order chi connectivity index (χ0) is 18.9. The fourth-order valence-electron chi connectivity index (χ4n) is 2.16. The molecule has 0 radical (unpaired) electrons. The molecule has 0 spiro atoms. The molecule has 0 heterocycles. The Morgan fingerprint density at radius 1 is 1.36 bits per heavy atom. The van der Waals surface area contributed by atoms with Crippen LogP contribution in [0.3, 0.4) is 0 Å². The van der Waals surface area contributed by atoms with E-state index in [1.807, 2.05) is 20.8 Å². The molecule has 1 unspecified atom stereocenters. The van der Waals surface area contributed by atoms with Crippen molar-refractivity contribution in [3.8, 4) is 5.75 Å². The number of carbonyl (C=O) groups excluding carboxylic acids is 1. The van der Waals surface area contributed by atoms with Crippen molar-refractivity contribution < 1.29 is 13.9 Å². The smallest absolute Gasteiger partial charge is 0.227 e. The average Bonchev–Trinajstić information content (AvgIpc) is 2.59. The van der Waals surface area contributed by atoms with Crippen molar-refractivity contribution in [1.29, 1.82) is 0 Å². The summed E-state index contributed by atoms with van der Waals surface area (Å²) in [6.45, 7) is 6.65. The van der Waals surface area contributed by atoms with E-state index < -0.39 is 5.41 Å². The summed E-state index contributed by atoms with van der Waals surface area (Å²) in [5, 5.41) is 8.96. The molecule has 1 amide bonds. The second-order valence-corrected chi connectivity index (χ2v) is 6.38. The molecule has 6 nitrogen and oxygen atoms in total. The Kier molecular flexibility index (Phi) is 8.18. The lowest BCUT2D eigenvalue weighted by Crippen LogP contribution is -2.48. The number of hydrogen-bond acceptors (Lipinski definition) is 3. The number of benzene rings is 1. The maximum atomic E-state index is 13.2. The molecule has 140 valence electrons. The second kappa shape index (κ2) is 9.86. The van der Waals surface area contributed by atoms with E-state index >= 15 is 0 Å². The summed E-state index contributed by atoms with van der Waals surface area (Å²) in [6.07, 6.45) is 0.622. The van der Waals surface area contributed by atoms with Crippen molar-refractivity contribution in [2.24, 2.45) is 10.4 Å². The van der Waals surface area contributed by atoms with Crippen LogP contribution in [0.25, 0.3) is 0 Å². The highest BCUT2D eigenvalue weighted by molar-refractivity contribution is 5.84. The summed E-state index contributed by atoms with van der Waals surface area (Å²) in [6, 6.07) is 6.09. The van der Waals surface area contributed by atoms with Crippen molar-refractivity contribution in [1.82, 2.24) is 16.0 Å². The molecule has 25 heavy (non-hydrogen) atoms. The quantitative estimate of drug-likeness (QED) is 0.494. The van der Waals surface area contributed by atoms with E-state index in [2.05, 4.69) is 20.9 Å². The van der Waals surface area contributed by atoms with Gasteiger partial charge in [0.25, 0.3) is 0 Å². The molecule has 1 rings (SSSR count). The van der Waals surface area contributed by atoms with Gasteiger partial charge in [-0.1, -0.05) is 13.0 Å². The minimum Gasteiger partial charge on any atom is -0.489 e. The topological polar surface area (TPSA) is 74.8 Å². The third-order valence-electron chi connectivity index (χ3n) is 3.81. The first kappa shape index (κ1) is 20.7. The molecule has 0 aromatic heterocycles. The standard InChI is InChI=1S/C18H29FN4O2/c1-6-14(25-15-9-7-8-13(19)10-15)11-22-17(21-5)23-12-18(2,3)16(24)20-4/h7-10,14H,6,11-12H2,1-5H3,(H,20,24)(H2,21,22,23). The van der Waals surface area contributed by atoms with Gasteiger partial charge in [-0.15, -0.1) is 0 Å². The Morgan fingerprint density at radius 2 is 2.08 bits per heavy atom. The lowest BCUT2D eigenvalue weighted by atomic mass is 9.92. The van der Waals surface area contributed by atoms with Gasteiger partial charge in [-0.2, -0.15) is 0 Å². The number of rotatable bonds is 8. The highest BCUT2D eigenvalue weighted by Gasteiger charge is 2.26. The van der Waals surface area contributed by atoms with Crippen LogP contribution in [0.4, 0.5) is 4.39 Å². The van der Waals surface area contributed by atoms with Gasteiger partial charge in [0.1, 0.15) is 17.7 Å². The Labute approximate surface area is 149 Å². The van der Waals surface area contributed by atoms with Gasteiger partial charge in [-0.05, 0) is 32.4 Å². The van der Waals surface area contributed by atoms with Crippen molar-refractivity contribution in [2.75, 3.05) is 27.2 Å². The molecule has 0 aliphatic heterocycles. The molecule has 0 bridgehead atoms. The molecule has 0 saturated carbocycles. The molecule has 0 saturated heterocycles. The third kappa shape index (κ3) is 6.99. The van der Waals surface area contributed by atoms with Crippen LogP contribution in [0.2, 0.25) is 0 Å². The zero-order valence-electron chi connectivity index (χ0n) is 15.6. The fraction of sp³-hybridized carbons (Fsp3) is 0.556. The van der Waals surface area contributed by atoms with Crippen LogP contribution in [-0.2, 0) is 4.79 Å². The van der Waals surface area contributed by atoms with Crippen LogP contribution in [0.15, 0.2) is 29.3 Å². The molecular formula is C18H29FN4O2. The molecule has 0 aliphatic rings. The van der Waals surface area contributed by atoms with Crippen LogP contribution in [0.5, 0.6) is 5.75 Å². The maximum absolute atomic E-state index is 13.2. The minimum atomic E-state index is -0.561. The van der Waals surface area contributed by atoms with Gasteiger partial charge in [-0.3, -0.25) is 9.79 Å². The Balaban J connectivity index is 2.53. The van der Waals surface area contributed by atoms with E-state index in [4.69, 9.17) is 4.74 Å². The number of nitrogens with zero attached hydrogens (tertiary/aromatic N) is 1. The lowest BCUT2D eigenvalue weighted by molar-refractivity contribution is -0.128. The van der Waals surface area contributed by atoms with Crippen LogP contribution in [-0.4, -0.2) is 45.2 Å². The highest BCUT2D eigenvalue weighted by Crippen LogP contribution is 2.15. The van der Waals surface area contributed by atoms with E-state index in [0.717, 1.165) is 6.42 Å². The highest BCUT2D eigenvalue weighted by atomic mass is 19.1. The number of carbonyl (C=O) groups is 1. The lowest BCUT2D eigenvalue weighted by Gasteiger charge is -2.25. The molecule has 1 atom stereocenters. The van der Waals surface area contributed by atoms with Crippen molar-refractivity contribution in [3.63, 3.8) is 0 Å². The van der Waals surface area contributed by atoms with E-state index in [-0.39, 0.29) is 17.8 Å². The van der Waals surface area contributed by atoms with Gasteiger partial charge in [0.05, 0.1) is 12.0 Å². The molecule has 3 N–H and O–H groups in total. The summed E-state index contributed by atoms with van der Waals surface area (Å²) in [7, 11) is 3.28. The Hall–Kier alpha value is -2.31. The number of hydrogen-bond donors (Lipinski definition) is 3. The summed E-state index contributed by atoms with van der Waals surface area (Å²) in [5.41, 5.74) is -0.561. The molecule has 1 aromatic carbocycles. The van der Waals surface area contributed by atoms with Gasteiger partial charge >= 0.3 is 0 Å². The summed E-state index contributed by atoms with van der Waals surface area (Å²) >= 11 is 0. The molecular weight excluding hydrogens is 323 g/mol. The van der Waals surface area contributed by atoms with Gasteiger partial charge < -0.3 is 20.7 Å². The van der Waals surface area contributed by atoms with Crippen LogP contribution < -0.4 is 20.7 Å². The van der Waals surface area contributed by atoms with Gasteiger partial charge in [0.2, 0.25) is 5.91 Å². The van der Waals surface area contributed by atoms with Gasteiger partial charge in [0.15, 0.2) is 5.96 Å². The fourth-order valence-corrected chi connectivity index (χ4v) is 2.16. The SMILES string of the molecule is CCC(CNC(=NC)NCC(C)(C)C(=O)NC)Oc1cccc(F)c1. The number of guanidine groups is 1. The predicted octanol–water partition coefficient (Wildman–Crippen LogP) is 1.92. The maximum Gasteiger partial charge on any atom is 0.227 e. The van der Waals surface area contributed by atoms with E-state index in [1.54, 1.807) is 26.2 Å². The first-order chi connectivity index (χ1) is 11.8. The van der Waals surface area contributed by atoms with Crippen LogP contribution >= 0.6 is 0 Å². The largest absolute Gasteiger partial charge is 0.489 e. The van der Waals surface area contributed by atoms with Crippen molar-refractivity contribution >= 4 is 11.9 Å². The molecule has 7 heteroatoms. The predicted molar refractivity (Wildman–Crippen MR) is 98.3 cm³/mol. The third-order valence-corrected chi connectivity index (χ3v) is 3.81. The van der Waals surface area contributed by atoms with E-state index in [0.29, 0.717) is 24.8 Å². The van der Waals surface area contributed by atoms with Gasteiger partial charge in [0, 0.05) is 26.7 Å². The number of nitrogens with one attached hydrogen (secondary N) is 3. The zero-order valence-corrected chi connectivity index (χ0v) is 15.6. The Bertz CT molecular complexity index is 590. The molecule has 1 aromatic rings. The van der Waals surface area contributed by atoms with E-state index in [1.165, 1.54) is 12.1 Å². The average molecular weight is 352 g/mol. The molecule has 0 fully saturated rings. The summed E-state index contributed by atoms with van der Waals surface area (Å²) in [4.78, 5) is 16.0.